The number of aliphatic hydroxyl groups is 1. The molecule has 0 amide bonds. The second-order valence-corrected chi connectivity index (χ2v) is 8.35. The highest BCUT2D eigenvalue weighted by Gasteiger charge is 2.58. The normalized spacial score (nSPS) is 27.2. The lowest BCUT2D eigenvalue weighted by molar-refractivity contribution is -0.163. The molecule has 4 atom stereocenters. The van der Waals surface area contributed by atoms with Gasteiger partial charge in [-0.2, -0.15) is 0 Å². The molecule has 1 aliphatic heterocycles. The molecule has 2 rings (SSSR count). The topological polar surface area (TPSA) is 72.8 Å². The van der Waals surface area contributed by atoms with Gasteiger partial charge in [0, 0.05) is 98.3 Å². The summed E-state index contributed by atoms with van der Waals surface area (Å²) in [4.78, 5) is 22.8. The van der Waals surface area contributed by atoms with Crippen LogP contribution in [0.5, 0.6) is 0 Å². The summed E-state index contributed by atoms with van der Waals surface area (Å²) in [5, 5.41) is 10.2. The van der Waals surface area contributed by atoms with Gasteiger partial charge >= 0.3 is 11.9 Å². The van der Waals surface area contributed by atoms with E-state index in [0.29, 0.717) is 12.3 Å². The van der Waals surface area contributed by atoms with Gasteiger partial charge in [0.15, 0.2) is 5.60 Å². The highest BCUT2D eigenvalue weighted by molar-refractivity contribution is 8.01. The largest absolute Gasteiger partial charge is 0.458 e. The van der Waals surface area contributed by atoms with Crippen molar-refractivity contribution in [2.45, 2.75) is 57.8 Å². The summed E-state index contributed by atoms with van der Waals surface area (Å²) < 4.78 is 10.4. The Morgan fingerprint density at radius 1 is 1.28 bits per heavy atom. The predicted molar refractivity (Wildman–Crippen MR) is 126 cm³/mol. The monoisotopic (exact) mass is 377 g/mol. The van der Waals surface area contributed by atoms with Crippen LogP contribution in [0.15, 0.2) is 0 Å². The fourth-order valence-corrected chi connectivity index (χ4v) is 3.99. The van der Waals surface area contributed by atoms with E-state index in [-0.39, 0.29) is 24.7 Å². The van der Waals surface area contributed by atoms with Crippen molar-refractivity contribution in [2.75, 3.05) is 0 Å². The van der Waals surface area contributed by atoms with Gasteiger partial charge in [0.2, 0.25) is 0 Å². The molecule has 0 spiro atoms. The SMILES string of the molecule is CC(=O)O[C@@H]1[C@@H](CC(C)C)C[C@]2(O)C[C@H]1OC2=O.[B][B]B([B])B(B([B])[B])B([B])[B]. The lowest BCUT2D eigenvalue weighted by atomic mass is 8.56. The molecule has 1 aliphatic carbocycles. The minimum absolute atomic E-state index is 0.0240. The van der Waals surface area contributed by atoms with E-state index >= 15 is 0 Å². The molecule has 29 heavy (non-hydrogen) atoms. The van der Waals surface area contributed by atoms with E-state index in [4.69, 9.17) is 55.9 Å². The minimum Gasteiger partial charge on any atom is -0.458 e. The van der Waals surface area contributed by atoms with Crippen LogP contribution in [0.25, 0.3) is 0 Å². The molecule has 0 unspecified atom stereocenters. The van der Waals surface area contributed by atoms with Crippen LogP contribution in [0.4, 0.5) is 0 Å². The minimum atomic E-state index is -1.37. The molecule has 0 aromatic rings. The second-order valence-electron chi connectivity index (χ2n) is 8.35. The van der Waals surface area contributed by atoms with Crippen molar-refractivity contribution in [2.24, 2.45) is 11.8 Å². The Kier molecular flexibility index (Phi) is 10.4. The molecule has 2 bridgehead atoms. The molecule has 0 aromatic heterocycles. The Hall–Kier alpha value is -0.386. The standard InChI is InChI=1S/C13H20O5.B11/c1-7(2)4-9-5-13(16)6-10(18-12(13)15)11(9)17-8(3)14;1-7-10(6)11(8(2)3)9(4)5/h7,9-11,16H,4-6H2,1-3H3;/t9-,10+,11+,13-;/m0./s1. The molecule has 2 fully saturated rings. The Labute approximate surface area is 184 Å². The van der Waals surface area contributed by atoms with Crippen LogP contribution in [0.1, 0.15) is 40.0 Å². The highest BCUT2D eigenvalue weighted by Crippen LogP contribution is 2.44. The second kappa shape index (κ2) is 11.3. The van der Waals surface area contributed by atoms with Crippen molar-refractivity contribution < 1.29 is 24.2 Å². The van der Waals surface area contributed by atoms with Gasteiger partial charge in [0.25, 0.3) is 0 Å². The van der Waals surface area contributed by atoms with Gasteiger partial charge in [-0.25, -0.2) is 4.79 Å². The Bertz CT molecular complexity index is 557. The van der Waals surface area contributed by atoms with Gasteiger partial charge in [-0.1, -0.05) is 13.8 Å². The van der Waals surface area contributed by atoms with Crippen molar-refractivity contribution in [1.29, 1.82) is 0 Å². The maximum atomic E-state index is 11.6. The van der Waals surface area contributed by atoms with Crippen LogP contribution in [-0.4, -0.2) is 114 Å². The van der Waals surface area contributed by atoms with Gasteiger partial charge in [-0.05, 0) is 18.8 Å². The van der Waals surface area contributed by atoms with Crippen molar-refractivity contribution in [3.63, 3.8) is 0 Å². The molecule has 1 saturated heterocycles. The quantitative estimate of drug-likeness (QED) is 0.376. The third-order valence-corrected chi connectivity index (χ3v) is 5.24. The Morgan fingerprint density at radius 3 is 2.21 bits per heavy atom. The van der Waals surface area contributed by atoms with Crippen LogP contribution < -0.4 is 0 Å². The number of fused-ring (bicyclic) bond motifs is 2. The molecule has 1 N–H and O–H groups in total. The Morgan fingerprint density at radius 2 is 1.83 bits per heavy atom. The first-order chi connectivity index (χ1) is 13.3. The van der Waals surface area contributed by atoms with Gasteiger partial charge < -0.3 is 14.6 Å². The van der Waals surface area contributed by atoms with Crippen LogP contribution in [0.2, 0.25) is 0 Å². The lowest BCUT2D eigenvalue weighted by Gasteiger charge is -2.36. The summed E-state index contributed by atoms with van der Waals surface area (Å²) in [6, 6.07) is 0. The Balaban J connectivity index is 0.000000331. The average molecular weight is 375 g/mol. The molecule has 5 nitrogen and oxygen atoms in total. The maximum Gasteiger partial charge on any atom is 0.338 e. The van der Waals surface area contributed by atoms with Crippen LogP contribution in [0, 0.1) is 11.8 Å². The van der Waals surface area contributed by atoms with E-state index in [0.717, 1.165) is 6.42 Å². The summed E-state index contributed by atoms with van der Waals surface area (Å²) in [5.74, 6) is -0.564. The number of ether oxygens (including phenoxy) is 2. The number of rotatable bonds is 7. The molecule has 13 radical (unpaired) electrons. The smallest absolute Gasteiger partial charge is 0.338 e. The first-order valence-corrected chi connectivity index (χ1v) is 9.76. The molecular formula is C13H20B11O5. The van der Waals surface area contributed by atoms with Crippen LogP contribution >= 0.6 is 0 Å². The van der Waals surface area contributed by atoms with Gasteiger partial charge in [-0.3, -0.25) is 4.79 Å². The van der Waals surface area contributed by atoms with E-state index in [2.05, 4.69) is 13.8 Å². The maximum absolute atomic E-state index is 11.6. The third-order valence-electron chi connectivity index (χ3n) is 5.24. The number of esters is 2. The van der Waals surface area contributed by atoms with Crippen molar-refractivity contribution in [3.05, 3.63) is 0 Å². The van der Waals surface area contributed by atoms with Gasteiger partial charge in [-0.15, -0.1) is 0 Å². The summed E-state index contributed by atoms with van der Waals surface area (Å²) in [6.07, 6.45) is -1.71. The number of carbonyl (C=O) groups excluding carboxylic acids is 2. The lowest BCUT2D eigenvalue weighted by Crippen LogP contribution is -2.63. The summed E-state index contributed by atoms with van der Waals surface area (Å²) in [7, 11) is 33.5. The fourth-order valence-electron chi connectivity index (χ4n) is 3.99. The van der Waals surface area contributed by atoms with Gasteiger partial charge in [0.1, 0.15) is 12.2 Å². The summed E-state index contributed by atoms with van der Waals surface area (Å²) >= 11 is 0. The van der Waals surface area contributed by atoms with E-state index in [1.807, 2.05) is 0 Å². The summed E-state index contributed by atoms with van der Waals surface area (Å²) in [6.45, 7) is 5.48. The molecule has 0 aromatic carbocycles. The first-order valence-electron chi connectivity index (χ1n) is 9.76. The first kappa shape index (κ1) is 26.6. The fraction of sp³-hybridized carbons (Fsp3) is 0.846. The highest BCUT2D eigenvalue weighted by atomic mass is 16.6. The zero-order chi connectivity index (χ0) is 22.5. The predicted octanol–water partition coefficient (Wildman–Crippen LogP) is -3.16. The molecule has 135 valence electrons. The summed E-state index contributed by atoms with van der Waals surface area (Å²) in [5.41, 5.74) is -1.37. The zero-order valence-corrected chi connectivity index (χ0v) is 17.4. The molecule has 1 heterocycles. The van der Waals surface area contributed by atoms with Crippen LogP contribution in [0.3, 0.4) is 0 Å². The van der Waals surface area contributed by atoms with Gasteiger partial charge in [0.05, 0.1) is 0 Å². The van der Waals surface area contributed by atoms with E-state index in [1.54, 1.807) is 0 Å². The van der Waals surface area contributed by atoms with E-state index in [1.165, 1.54) is 14.0 Å². The van der Waals surface area contributed by atoms with Crippen LogP contribution in [-0.2, 0) is 19.1 Å². The van der Waals surface area contributed by atoms with Crippen molar-refractivity contribution in [3.8, 4) is 0 Å². The molecule has 1 saturated carbocycles. The number of hydrogen-bond acceptors (Lipinski definition) is 5. The number of hydrogen-bond donors (Lipinski definition) is 1. The molecular weight excluding hydrogens is 355 g/mol. The van der Waals surface area contributed by atoms with E-state index in [9.17, 15) is 14.7 Å². The van der Waals surface area contributed by atoms with E-state index < -0.39 is 42.9 Å². The average Bonchev–Trinajstić information content (AvgIpc) is 2.81. The third kappa shape index (κ3) is 7.36. The zero-order valence-electron chi connectivity index (χ0n) is 17.4. The molecule has 2 aliphatic rings. The van der Waals surface area contributed by atoms with Crippen molar-refractivity contribution in [1.82, 2.24) is 0 Å². The van der Waals surface area contributed by atoms with Crippen molar-refractivity contribution >= 4 is 91.0 Å². The number of carbonyl (C=O) groups is 2. The molecule has 16 heteroatoms.